The number of ether oxygens (including phenoxy) is 1. The molecule has 1 N–H and O–H groups in total. The van der Waals surface area contributed by atoms with Gasteiger partial charge in [-0.15, -0.1) is 0 Å². The summed E-state index contributed by atoms with van der Waals surface area (Å²) in [4.78, 5) is 4.24. The minimum absolute atomic E-state index is 0.131. The molecule has 5 heteroatoms. The van der Waals surface area contributed by atoms with E-state index in [1.54, 1.807) is 6.20 Å². The van der Waals surface area contributed by atoms with E-state index >= 15 is 0 Å². The highest BCUT2D eigenvalue weighted by atomic mass is 32.2. The molecule has 0 amide bonds. The molecule has 0 saturated heterocycles. The maximum atomic E-state index is 12.0. The van der Waals surface area contributed by atoms with Crippen LogP contribution in [0.5, 0.6) is 11.5 Å². The molecule has 1 aliphatic carbocycles. The van der Waals surface area contributed by atoms with Crippen LogP contribution in [0.3, 0.4) is 0 Å². The summed E-state index contributed by atoms with van der Waals surface area (Å²) >= 11 is 0. The average molecular weight is 330 g/mol. The van der Waals surface area contributed by atoms with E-state index in [-0.39, 0.29) is 11.3 Å². The van der Waals surface area contributed by atoms with E-state index in [0.717, 1.165) is 30.0 Å². The summed E-state index contributed by atoms with van der Waals surface area (Å²) < 4.78 is 21.0. The van der Waals surface area contributed by atoms with Crippen LogP contribution >= 0.6 is 0 Å². The van der Waals surface area contributed by atoms with Gasteiger partial charge in [0.1, 0.15) is 11.5 Å². The molecular weight excluding hydrogens is 308 g/mol. The maximum Gasteiger partial charge on any atom is 0.145 e. The molecule has 3 rings (SSSR count). The Morgan fingerprint density at radius 3 is 2.61 bits per heavy atom. The van der Waals surface area contributed by atoms with Crippen LogP contribution in [0.25, 0.3) is 0 Å². The van der Waals surface area contributed by atoms with Crippen molar-refractivity contribution in [1.29, 1.82) is 0 Å². The van der Waals surface area contributed by atoms with E-state index < -0.39 is 11.0 Å². The number of fused-ring (bicyclic) bond motifs is 1. The van der Waals surface area contributed by atoms with Crippen LogP contribution in [0.15, 0.2) is 36.5 Å². The first-order valence-electron chi connectivity index (χ1n) is 7.90. The Labute approximate surface area is 139 Å². The molecule has 1 heterocycles. The number of nitrogens with one attached hydrogen (secondary N) is 1. The molecule has 0 saturated carbocycles. The zero-order valence-corrected chi connectivity index (χ0v) is 14.5. The van der Waals surface area contributed by atoms with Gasteiger partial charge in [0.2, 0.25) is 0 Å². The number of aryl methyl sites for hydroxylation is 1. The molecular formula is C18H22N2O2S. The first-order chi connectivity index (χ1) is 11.0. The van der Waals surface area contributed by atoms with Gasteiger partial charge < -0.3 is 4.74 Å². The molecule has 0 bridgehead atoms. The highest BCUT2D eigenvalue weighted by Gasteiger charge is 2.24. The lowest BCUT2D eigenvalue weighted by molar-refractivity contribution is 0.479. The number of nitrogens with zero attached hydrogens (tertiary/aromatic N) is 1. The molecule has 4 nitrogen and oxygen atoms in total. The SMILES string of the molecule is Cc1ccc(Oc2ccc3c(c2)C[C@@H](NS(=O)C(C)C)C3)cn1. The quantitative estimate of drug-likeness (QED) is 0.915. The first-order valence-corrected chi connectivity index (χ1v) is 9.11. The molecule has 1 aliphatic rings. The van der Waals surface area contributed by atoms with Gasteiger partial charge in [-0.3, -0.25) is 4.98 Å². The van der Waals surface area contributed by atoms with Gasteiger partial charge in [-0.2, -0.15) is 0 Å². The van der Waals surface area contributed by atoms with Crippen molar-refractivity contribution < 1.29 is 8.95 Å². The molecule has 1 aromatic heterocycles. The number of hydrogen-bond donors (Lipinski definition) is 1. The van der Waals surface area contributed by atoms with Crippen molar-refractivity contribution in [3.63, 3.8) is 0 Å². The lowest BCUT2D eigenvalue weighted by atomic mass is 10.1. The van der Waals surface area contributed by atoms with Gasteiger partial charge in [0.15, 0.2) is 0 Å². The van der Waals surface area contributed by atoms with E-state index in [4.69, 9.17) is 4.74 Å². The molecule has 1 unspecified atom stereocenters. The van der Waals surface area contributed by atoms with Gasteiger partial charge in [0.05, 0.1) is 17.2 Å². The van der Waals surface area contributed by atoms with Crippen molar-refractivity contribution in [2.24, 2.45) is 0 Å². The Morgan fingerprint density at radius 2 is 1.91 bits per heavy atom. The largest absolute Gasteiger partial charge is 0.456 e. The Hall–Kier alpha value is -1.72. The summed E-state index contributed by atoms with van der Waals surface area (Å²) in [5.41, 5.74) is 3.54. The van der Waals surface area contributed by atoms with Crippen molar-refractivity contribution >= 4 is 11.0 Å². The lowest BCUT2D eigenvalue weighted by Gasteiger charge is -2.13. The Kier molecular flexibility index (Phi) is 4.78. The molecule has 23 heavy (non-hydrogen) atoms. The van der Waals surface area contributed by atoms with Gasteiger partial charge in [-0.25, -0.2) is 8.93 Å². The van der Waals surface area contributed by atoms with Gasteiger partial charge in [-0.05, 0) is 69.0 Å². The molecule has 1 aromatic carbocycles. The topological polar surface area (TPSA) is 51.2 Å². The monoisotopic (exact) mass is 330 g/mol. The summed E-state index contributed by atoms with van der Waals surface area (Å²) in [6, 6.07) is 10.3. The number of aromatic nitrogens is 1. The third kappa shape index (κ3) is 3.98. The van der Waals surface area contributed by atoms with E-state index in [0.29, 0.717) is 0 Å². The minimum atomic E-state index is -0.979. The fraction of sp³-hybridized carbons (Fsp3) is 0.389. The van der Waals surface area contributed by atoms with Crippen molar-refractivity contribution in [2.45, 2.75) is 44.9 Å². The fourth-order valence-electron chi connectivity index (χ4n) is 2.69. The number of hydrogen-bond acceptors (Lipinski definition) is 3. The average Bonchev–Trinajstić information content (AvgIpc) is 2.91. The summed E-state index contributed by atoms with van der Waals surface area (Å²) in [6.45, 7) is 5.88. The third-order valence-electron chi connectivity index (χ3n) is 3.94. The summed E-state index contributed by atoms with van der Waals surface area (Å²) in [5.74, 6) is 1.56. The maximum absolute atomic E-state index is 12.0. The highest BCUT2D eigenvalue weighted by Crippen LogP contribution is 2.29. The summed E-state index contributed by atoms with van der Waals surface area (Å²) in [7, 11) is -0.979. The molecule has 0 aliphatic heterocycles. The van der Waals surface area contributed by atoms with Gasteiger partial charge in [0, 0.05) is 17.0 Å². The van der Waals surface area contributed by atoms with Crippen LogP contribution in [-0.4, -0.2) is 20.5 Å². The smallest absolute Gasteiger partial charge is 0.145 e. The summed E-state index contributed by atoms with van der Waals surface area (Å²) in [5, 5.41) is 0.131. The van der Waals surface area contributed by atoms with Crippen molar-refractivity contribution in [3.8, 4) is 11.5 Å². The van der Waals surface area contributed by atoms with Gasteiger partial charge >= 0.3 is 0 Å². The molecule has 0 fully saturated rings. The fourth-order valence-corrected chi connectivity index (χ4v) is 3.46. The molecule has 2 aromatic rings. The predicted molar refractivity (Wildman–Crippen MR) is 93.1 cm³/mol. The van der Waals surface area contributed by atoms with Gasteiger partial charge in [0.25, 0.3) is 0 Å². The molecule has 2 atom stereocenters. The normalized spacial score (nSPS) is 18.0. The van der Waals surface area contributed by atoms with Crippen LogP contribution < -0.4 is 9.46 Å². The highest BCUT2D eigenvalue weighted by molar-refractivity contribution is 7.83. The summed E-state index contributed by atoms with van der Waals surface area (Å²) in [6.07, 6.45) is 3.54. The minimum Gasteiger partial charge on any atom is -0.456 e. The van der Waals surface area contributed by atoms with Crippen molar-refractivity contribution in [3.05, 3.63) is 53.3 Å². The standard InChI is InChI=1S/C18H22N2O2S/c1-12(2)23(21)20-16-8-14-5-7-17(10-15(14)9-16)22-18-6-4-13(3)19-11-18/h4-7,10-12,16,20H,8-9H2,1-3H3/t16-,23?/m0/s1. The van der Waals surface area contributed by atoms with Crippen LogP contribution in [0, 0.1) is 6.92 Å². The van der Waals surface area contributed by atoms with Gasteiger partial charge in [-0.1, -0.05) is 6.07 Å². The lowest BCUT2D eigenvalue weighted by Crippen LogP contribution is -2.34. The van der Waals surface area contributed by atoms with E-state index in [1.165, 1.54) is 11.1 Å². The Bertz CT molecular complexity index is 713. The van der Waals surface area contributed by atoms with E-state index in [2.05, 4.69) is 21.8 Å². The zero-order chi connectivity index (χ0) is 16.4. The van der Waals surface area contributed by atoms with Crippen molar-refractivity contribution in [1.82, 2.24) is 9.71 Å². The second-order valence-electron chi connectivity index (χ2n) is 6.24. The number of pyridine rings is 1. The number of benzene rings is 1. The Balaban J connectivity index is 1.68. The van der Waals surface area contributed by atoms with Crippen LogP contribution in [0.2, 0.25) is 0 Å². The Morgan fingerprint density at radius 1 is 1.17 bits per heavy atom. The van der Waals surface area contributed by atoms with E-state index in [9.17, 15) is 4.21 Å². The first kappa shape index (κ1) is 16.1. The van der Waals surface area contributed by atoms with Crippen LogP contribution in [0.4, 0.5) is 0 Å². The second-order valence-corrected chi connectivity index (χ2v) is 8.01. The predicted octanol–water partition coefficient (Wildman–Crippen LogP) is 3.31. The zero-order valence-electron chi connectivity index (χ0n) is 13.7. The molecule has 0 radical (unpaired) electrons. The molecule has 122 valence electrons. The van der Waals surface area contributed by atoms with Crippen LogP contribution in [0.1, 0.15) is 30.7 Å². The third-order valence-corrected chi connectivity index (χ3v) is 5.36. The van der Waals surface area contributed by atoms with Crippen molar-refractivity contribution in [2.75, 3.05) is 0 Å². The number of rotatable bonds is 5. The molecule has 0 spiro atoms. The van der Waals surface area contributed by atoms with Crippen LogP contribution in [-0.2, 0) is 23.8 Å². The van der Waals surface area contributed by atoms with E-state index in [1.807, 2.05) is 39.0 Å². The second kappa shape index (κ2) is 6.81.